The van der Waals surface area contributed by atoms with E-state index in [1.165, 1.54) is 4.31 Å². The first-order valence-corrected chi connectivity index (χ1v) is 9.31. The van der Waals surface area contributed by atoms with Crippen LogP contribution in [0, 0.1) is 13.8 Å². The van der Waals surface area contributed by atoms with Gasteiger partial charge in [0.05, 0.1) is 18.1 Å². The minimum atomic E-state index is -3.80. The Labute approximate surface area is 144 Å². The summed E-state index contributed by atoms with van der Waals surface area (Å²) in [6.45, 7) is 3.57. The zero-order chi connectivity index (χ0) is 17.6. The Kier molecular flexibility index (Phi) is 3.69. The lowest BCUT2D eigenvalue weighted by molar-refractivity contribution is 0.336. The van der Waals surface area contributed by atoms with Gasteiger partial charge in [-0.2, -0.15) is 4.31 Å². The predicted molar refractivity (Wildman–Crippen MR) is 88.2 cm³/mol. The maximum absolute atomic E-state index is 13.4. The van der Waals surface area contributed by atoms with Crippen LogP contribution in [0.4, 0.5) is 0 Å². The van der Waals surface area contributed by atoms with Gasteiger partial charge in [0, 0.05) is 31.1 Å². The van der Waals surface area contributed by atoms with Crippen LogP contribution in [0.2, 0.25) is 0 Å². The van der Waals surface area contributed by atoms with Gasteiger partial charge < -0.3 is 9.51 Å². The van der Waals surface area contributed by atoms with Crippen molar-refractivity contribution in [2.24, 2.45) is 0 Å². The van der Waals surface area contributed by atoms with Gasteiger partial charge in [-0.15, -0.1) is 0 Å². The molecular formula is C16H17N5O3S. The van der Waals surface area contributed by atoms with Crippen molar-refractivity contribution < 1.29 is 12.9 Å². The average molecular weight is 359 g/mol. The van der Waals surface area contributed by atoms with E-state index in [9.17, 15) is 8.42 Å². The molecule has 1 aliphatic heterocycles. The highest BCUT2D eigenvalue weighted by molar-refractivity contribution is 7.89. The molecule has 1 N–H and O–H groups in total. The van der Waals surface area contributed by atoms with Crippen molar-refractivity contribution in [2.75, 3.05) is 6.54 Å². The molecule has 0 radical (unpaired) electrons. The molecule has 9 heteroatoms. The monoisotopic (exact) mass is 359 g/mol. The molecule has 0 fully saturated rings. The van der Waals surface area contributed by atoms with Crippen molar-refractivity contribution in [1.29, 1.82) is 0 Å². The minimum absolute atomic E-state index is 0.125. The molecule has 0 saturated heterocycles. The number of pyridine rings is 1. The number of aromatic nitrogens is 4. The first-order chi connectivity index (χ1) is 12.0. The maximum atomic E-state index is 13.4. The molecule has 0 spiro atoms. The van der Waals surface area contributed by atoms with Gasteiger partial charge in [0.2, 0.25) is 10.0 Å². The fourth-order valence-corrected chi connectivity index (χ4v) is 5.21. The van der Waals surface area contributed by atoms with E-state index >= 15 is 0 Å². The normalized spacial score (nSPS) is 18.2. The number of H-pyrrole nitrogens is 1. The van der Waals surface area contributed by atoms with Crippen LogP contribution >= 0.6 is 0 Å². The van der Waals surface area contributed by atoms with E-state index in [1.807, 2.05) is 6.07 Å². The molecule has 0 amide bonds. The summed E-state index contributed by atoms with van der Waals surface area (Å²) in [7, 11) is -3.80. The van der Waals surface area contributed by atoms with E-state index in [4.69, 9.17) is 4.52 Å². The number of nitrogens with zero attached hydrogens (tertiary/aromatic N) is 4. The smallest absolute Gasteiger partial charge is 0.249 e. The second kappa shape index (κ2) is 5.78. The third kappa shape index (κ3) is 2.47. The van der Waals surface area contributed by atoms with E-state index in [-0.39, 0.29) is 10.7 Å². The molecule has 1 atom stereocenters. The maximum Gasteiger partial charge on any atom is 0.249 e. The second-order valence-electron chi connectivity index (χ2n) is 5.97. The van der Waals surface area contributed by atoms with Gasteiger partial charge in [-0.05, 0) is 25.5 Å². The van der Waals surface area contributed by atoms with E-state index in [2.05, 4.69) is 20.1 Å². The van der Waals surface area contributed by atoms with Gasteiger partial charge in [-0.1, -0.05) is 11.2 Å². The van der Waals surface area contributed by atoms with Gasteiger partial charge in [0.25, 0.3) is 0 Å². The minimum Gasteiger partial charge on any atom is -0.360 e. The van der Waals surface area contributed by atoms with Crippen molar-refractivity contribution in [3.05, 3.63) is 59.3 Å². The van der Waals surface area contributed by atoms with Gasteiger partial charge in [0.15, 0.2) is 5.76 Å². The molecule has 0 bridgehead atoms. The molecule has 4 heterocycles. The molecule has 4 rings (SSSR count). The molecule has 3 aromatic heterocycles. The summed E-state index contributed by atoms with van der Waals surface area (Å²) in [5, 5.41) is 3.79. The fourth-order valence-electron chi connectivity index (χ4n) is 3.34. The zero-order valence-corrected chi connectivity index (χ0v) is 14.6. The third-order valence-electron chi connectivity index (χ3n) is 4.42. The number of hydrogen-bond acceptors (Lipinski definition) is 6. The Morgan fingerprint density at radius 2 is 2.20 bits per heavy atom. The number of imidazole rings is 1. The number of hydrogen-bond donors (Lipinski definition) is 1. The lowest BCUT2D eigenvalue weighted by atomic mass is 9.99. The van der Waals surface area contributed by atoms with Gasteiger partial charge in [-0.25, -0.2) is 13.4 Å². The van der Waals surface area contributed by atoms with Gasteiger partial charge in [-0.3, -0.25) is 4.98 Å². The first-order valence-electron chi connectivity index (χ1n) is 7.87. The molecule has 130 valence electrons. The van der Waals surface area contributed by atoms with Crippen LogP contribution in [0.15, 0.2) is 40.3 Å². The second-order valence-corrected chi connectivity index (χ2v) is 7.80. The number of aromatic amines is 1. The Morgan fingerprint density at radius 3 is 2.88 bits per heavy atom. The highest BCUT2D eigenvalue weighted by Crippen LogP contribution is 2.38. The SMILES string of the molecule is Cc1noc(C)c1S(=O)(=O)N1CCc2[nH]cnc2C1c1cccnc1. The van der Waals surface area contributed by atoms with Crippen LogP contribution in [0.25, 0.3) is 0 Å². The summed E-state index contributed by atoms with van der Waals surface area (Å²) in [6, 6.07) is 3.11. The quantitative estimate of drug-likeness (QED) is 0.764. The summed E-state index contributed by atoms with van der Waals surface area (Å²) in [6.07, 6.45) is 5.49. The van der Waals surface area contributed by atoms with E-state index in [1.54, 1.807) is 38.6 Å². The number of nitrogens with one attached hydrogen (secondary N) is 1. The molecular weight excluding hydrogens is 342 g/mol. The fraction of sp³-hybridized carbons (Fsp3) is 0.312. The number of aryl methyl sites for hydroxylation is 2. The predicted octanol–water partition coefficient (Wildman–Crippen LogP) is 1.75. The standard InChI is InChI=1S/C16H17N5O3S/c1-10-16(11(2)24-20-10)25(22,23)21-7-5-13-14(19-9-18-13)15(21)12-4-3-6-17-8-12/h3-4,6,8-9,15H,5,7H2,1-2H3,(H,18,19). The van der Waals surface area contributed by atoms with Crippen molar-refractivity contribution in [1.82, 2.24) is 24.4 Å². The highest BCUT2D eigenvalue weighted by atomic mass is 32.2. The summed E-state index contributed by atoms with van der Waals surface area (Å²) in [5.74, 6) is 0.287. The van der Waals surface area contributed by atoms with Crippen molar-refractivity contribution in [2.45, 2.75) is 31.2 Å². The van der Waals surface area contributed by atoms with Gasteiger partial charge >= 0.3 is 0 Å². The van der Waals surface area contributed by atoms with Crippen LogP contribution in [-0.4, -0.2) is 39.4 Å². The Hall–Kier alpha value is -2.52. The highest BCUT2D eigenvalue weighted by Gasteiger charge is 2.41. The van der Waals surface area contributed by atoms with Gasteiger partial charge in [0.1, 0.15) is 10.6 Å². The van der Waals surface area contributed by atoms with Crippen molar-refractivity contribution in [3.8, 4) is 0 Å². The molecule has 8 nitrogen and oxygen atoms in total. The first kappa shape index (κ1) is 16.0. The largest absolute Gasteiger partial charge is 0.360 e. The van der Waals surface area contributed by atoms with Crippen molar-refractivity contribution in [3.63, 3.8) is 0 Å². The van der Waals surface area contributed by atoms with Crippen LogP contribution in [0.5, 0.6) is 0 Å². The van der Waals surface area contributed by atoms with Crippen LogP contribution in [0.3, 0.4) is 0 Å². The van der Waals surface area contributed by atoms with Crippen LogP contribution in [-0.2, 0) is 16.4 Å². The van der Waals surface area contributed by atoms with Crippen LogP contribution < -0.4 is 0 Å². The van der Waals surface area contributed by atoms with Crippen LogP contribution in [0.1, 0.15) is 34.4 Å². The average Bonchev–Trinajstić information content (AvgIpc) is 3.21. The van der Waals surface area contributed by atoms with E-state index in [0.717, 1.165) is 11.3 Å². The molecule has 0 saturated carbocycles. The number of rotatable bonds is 3. The number of fused-ring (bicyclic) bond motifs is 1. The molecule has 0 aromatic carbocycles. The zero-order valence-electron chi connectivity index (χ0n) is 13.8. The molecule has 0 aliphatic carbocycles. The molecule has 1 aliphatic rings. The molecule has 1 unspecified atom stereocenters. The topological polar surface area (TPSA) is 105 Å². The Balaban J connectivity index is 1.89. The summed E-state index contributed by atoms with van der Waals surface area (Å²) in [5.41, 5.74) is 2.77. The summed E-state index contributed by atoms with van der Waals surface area (Å²) in [4.78, 5) is 11.7. The Bertz CT molecular complexity index is 990. The molecule has 25 heavy (non-hydrogen) atoms. The lowest BCUT2D eigenvalue weighted by Gasteiger charge is -2.33. The van der Waals surface area contributed by atoms with Crippen molar-refractivity contribution >= 4 is 10.0 Å². The van der Waals surface area contributed by atoms with E-state index < -0.39 is 16.1 Å². The summed E-state index contributed by atoms with van der Waals surface area (Å²) >= 11 is 0. The van der Waals surface area contributed by atoms with E-state index in [0.29, 0.717) is 24.4 Å². The summed E-state index contributed by atoms with van der Waals surface area (Å²) < 4.78 is 33.3. The Morgan fingerprint density at radius 1 is 1.36 bits per heavy atom. The molecule has 3 aromatic rings. The lowest BCUT2D eigenvalue weighted by Crippen LogP contribution is -2.41. The number of sulfonamides is 1. The third-order valence-corrected chi connectivity index (χ3v) is 6.53.